The Hall–Kier alpha value is -4.90. The van der Waals surface area contributed by atoms with Crippen molar-refractivity contribution in [1.29, 1.82) is 0 Å². The van der Waals surface area contributed by atoms with Crippen LogP contribution in [0.15, 0.2) is 78.0 Å². The number of hydrogen-bond acceptors (Lipinski definition) is 7. The minimum Gasteiger partial charge on any atom is -0.406 e. The molecule has 0 spiro atoms. The third-order valence-electron chi connectivity index (χ3n) is 6.27. The third kappa shape index (κ3) is 8.22. The van der Waals surface area contributed by atoms with Gasteiger partial charge in [0.1, 0.15) is 18.7 Å². The van der Waals surface area contributed by atoms with Crippen LogP contribution >= 0.6 is 11.8 Å². The number of amides is 3. The summed E-state index contributed by atoms with van der Waals surface area (Å²) in [5.41, 5.74) is 2.62. The van der Waals surface area contributed by atoms with Crippen LogP contribution in [0.25, 0.3) is 17.1 Å². The monoisotopic (exact) mass is 664 g/mol. The quantitative estimate of drug-likeness (QED) is 0.204. The van der Waals surface area contributed by atoms with E-state index in [0.29, 0.717) is 33.9 Å². The first-order valence-corrected chi connectivity index (χ1v) is 14.2. The number of alkyl halides is 6. The van der Waals surface area contributed by atoms with Gasteiger partial charge in [-0.3, -0.25) is 9.69 Å². The highest BCUT2D eigenvalue weighted by Gasteiger charge is 2.33. The molecule has 0 aliphatic carbocycles. The molecule has 1 fully saturated rings. The van der Waals surface area contributed by atoms with E-state index in [4.69, 9.17) is 4.74 Å². The lowest BCUT2D eigenvalue weighted by atomic mass is 10.1. The second kappa shape index (κ2) is 13.2. The zero-order valence-corrected chi connectivity index (χ0v) is 24.4. The molecular weight excluding hydrogens is 642 g/mol. The maximum atomic E-state index is 12.9. The van der Waals surface area contributed by atoms with Crippen LogP contribution in [0.2, 0.25) is 0 Å². The molecule has 1 aliphatic heterocycles. The summed E-state index contributed by atoms with van der Waals surface area (Å²) >= 11 is 1.01. The zero-order chi connectivity index (χ0) is 33.1. The molecule has 46 heavy (non-hydrogen) atoms. The second-order valence-electron chi connectivity index (χ2n) is 9.66. The van der Waals surface area contributed by atoms with Crippen molar-refractivity contribution in [2.24, 2.45) is 4.99 Å². The van der Waals surface area contributed by atoms with Crippen LogP contribution in [-0.4, -0.2) is 56.8 Å². The van der Waals surface area contributed by atoms with E-state index in [1.54, 1.807) is 37.3 Å². The summed E-state index contributed by atoms with van der Waals surface area (Å²) in [6, 6.07) is 15.5. The molecule has 1 aromatic heterocycles. The first-order chi connectivity index (χ1) is 21.8. The van der Waals surface area contributed by atoms with Crippen molar-refractivity contribution in [3.05, 3.63) is 84.2 Å². The number of anilines is 2. The fraction of sp³-hybridized carbons (Fsp3) is 0.207. The van der Waals surface area contributed by atoms with Crippen molar-refractivity contribution < 1.29 is 45.4 Å². The number of nitrogens with zero attached hydrogens (tertiary/aromatic N) is 5. The van der Waals surface area contributed by atoms with E-state index in [1.807, 2.05) is 0 Å². The number of ether oxygens (including phenoxy) is 2. The summed E-state index contributed by atoms with van der Waals surface area (Å²) in [6.45, 7) is -0.146. The van der Waals surface area contributed by atoms with Crippen molar-refractivity contribution in [2.75, 3.05) is 22.6 Å². The van der Waals surface area contributed by atoms with E-state index in [-0.39, 0.29) is 22.4 Å². The van der Waals surface area contributed by atoms with Crippen molar-refractivity contribution in [2.45, 2.75) is 26.1 Å². The Morgan fingerprint density at radius 1 is 1.04 bits per heavy atom. The van der Waals surface area contributed by atoms with E-state index in [0.717, 1.165) is 23.9 Å². The summed E-state index contributed by atoms with van der Waals surface area (Å²) in [4.78, 5) is 35.1. The van der Waals surface area contributed by atoms with Crippen LogP contribution < -0.4 is 15.0 Å². The number of urea groups is 1. The summed E-state index contributed by atoms with van der Waals surface area (Å²) in [5.74, 6) is -0.493. The van der Waals surface area contributed by atoms with Crippen molar-refractivity contribution in [3.8, 4) is 22.8 Å². The molecule has 2 heterocycles. The van der Waals surface area contributed by atoms with Gasteiger partial charge in [-0.2, -0.15) is 18.2 Å². The number of thioether (sulfide) groups is 1. The van der Waals surface area contributed by atoms with Crippen LogP contribution in [0.5, 0.6) is 5.75 Å². The smallest absolute Gasteiger partial charge is 0.406 e. The number of carbonyl (C=O) groups excluding carboxylic acids is 2. The molecule has 1 saturated heterocycles. The number of aryl methyl sites for hydroxylation is 1. The van der Waals surface area contributed by atoms with E-state index >= 15 is 0 Å². The summed E-state index contributed by atoms with van der Waals surface area (Å²) < 4.78 is 85.0. The lowest BCUT2D eigenvalue weighted by molar-refractivity contribution is -0.274. The molecule has 240 valence electrons. The second-order valence-corrected chi connectivity index (χ2v) is 10.6. The average molecular weight is 665 g/mol. The largest absolute Gasteiger partial charge is 0.573 e. The predicted octanol–water partition coefficient (Wildman–Crippen LogP) is 6.89. The van der Waals surface area contributed by atoms with E-state index < -0.39 is 37.7 Å². The van der Waals surface area contributed by atoms with Gasteiger partial charge >= 0.3 is 18.6 Å². The Morgan fingerprint density at radius 3 is 2.48 bits per heavy atom. The lowest BCUT2D eigenvalue weighted by Gasteiger charge is -2.20. The number of aliphatic imine (C=N–C) groups is 1. The molecule has 0 atom stereocenters. The van der Waals surface area contributed by atoms with Gasteiger partial charge in [-0.1, -0.05) is 30.0 Å². The molecule has 10 nitrogen and oxygen atoms in total. The van der Waals surface area contributed by atoms with Gasteiger partial charge < -0.3 is 14.8 Å². The summed E-state index contributed by atoms with van der Waals surface area (Å²) in [6.07, 6.45) is -7.93. The topological polar surface area (TPSA) is 111 Å². The molecule has 0 saturated carbocycles. The Balaban J connectivity index is 1.27. The number of para-hydroxylation sites is 1. The molecular formula is C29H22F6N6O4S. The standard InChI is InChI=1S/C29H22F6N6O4S/c1-17-12-18(25-36-16-40(39-25)20-7-9-21(10-8-20)45-29(33,34)35)6-11-22(17)37-26(43)38-27-41(24(42)14-46-27)23-5-3-2-4-19(23)13-44-15-28(30,31)32/h2-12,16H,13-15H2,1H3,(H,37,43)/b38-27-. The molecule has 3 aromatic carbocycles. The lowest BCUT2D eigenvalue weighted by Crippen LogP contribution is -2.31. The molecule has 3 amide bonds. The number of rotatable bonds is 8. The van der Waals surface area contributed by atoms with Gasteiger partial charge in [-0.15, -0.1) is 18.3 Å². The Labute approximate surface area is 261 Å². The molecule has 0 unspecified atom stereocenters. The van der Waals surface area contributed by atoms with Crippen LogP contribution in [0.1, 0.15) is 11.1 Å². The molecule has 1 N–H and O–H groups in total. The number of aromatic nitrogens is 3. The number of carbonyl (C=O) groups is 2. The van der Waals surface area contributed by atoms with E-state index in [1.165, 1.54) is 40.2 Å². The average Bonchev–Trinajstić information content (AvgIpc) is 3.60. The highest BCUT2D eigenvalue weighted by molar-refractivity contribution is 8.15. The first kappa shape index (κ1) is 32.5. The van der Waals surface area contributed by atoms with Gasteiger partial charge in [-0.25, -0.2) is 14.5 Å². The van der Waals surface area contributed by atoms with Gasteiger partial charge in [0, 0.05) is 16.8 Å². The number of amidine groups is 1. The van der Waals surface area contributed by atoms with Crippen molar-refractivity contribution in [1.82, 2.24) is 14.8 Å². The SMILES string of the molecule is Cc1cc(-c2ncn(-c3ccc(OC(F)(F)F)cc3)n2)ccc1NC(=O)/N=C1\SCC(=O)N1c1ccccc1COCC(F)(F)F. The molecule has 5 rings (SSSR count). The van der Waals surface area contributed by atoms with E-state index in [9.17, 15) is 35.9 Å². The summed E-state index contributed by atoms with van der Waals surface area (Å²) in [7, 11) is 0. The third-order valence-corrected chi connectivity index (χ3v) is 7.19. The Bertz CT molecular complexity index is 1780. The van der Waals surface area contributed by atoms with Gasteiger partial charge in [0.2, 0.25) is 5.91 Å². The fourth-order valence-corrected chi connectivity index (χ4v) is 5.16. The number of halogens is 6. The Morgan fingerprint density at radius 2 is 1.78 bits per heavy atom. The maximum Gasteiger partial charge on any atom is 0.573 e. The van der Waals surface area contributed by atoms with Gasteiger partial charge in [0.05, 0.1) is 23.7 Å². The Kier molecular flexibility index (Phi) is 9.34. The van der Waals surface area contributed by atoms with Crippen LogP contribution in [0.4, 0.5) is 42.5 Å². The van der Waals surface area contributed by atoms with E-state index in [2.05, 4.69) is 25.1 Å². The maximum absolute atomic E-state index is 12.9. The molecule has 0 bridgehead atoms. The number of benzene rings is 3. The predicted molar refractivity (Wildman–Crippen MR) is 157 cm³/mol. The molecule has 17 heteroatoms. The minimum atomic E-state index is -4.81. The van der Waals surface area contributed by atoms with Gasteiger partial charge in [0.25, 0.3) is 0 Å². The first-order valence-electron chi connectivity index (χ1n) is 13.2. The molecule has 4 aromatic rings. The van der Waals surface area contributed by atoms with Crippen LogP contribution in [0.3, 0.4) is 0 Å². The fourth-order valence-electron chi connectivity index (χ4n) is 4.30. The van der Waals surface area contributed by atoms with Crippen molar-refractivity contribution >= 4 is 40.2 Å². The highest BCUT2D eigenvalue weighted by Crippen LogP contribution is 2.31. The normalized spacial score (nSPS) is 14.6. The van der Waals surface area contributed by atoms with Crippen molar-refractivity contribution in [3.63, 3.8) is 0 Å². The van der Waals surface area contributed by atoms with Gasteiger partial charge in [0.15, 0.2) is 11.0 Å². The minimum absolute atomic E-state index is 0.0251. The highest BCUT2D eigenvalue weighted by atomic mass is 32.2. The summed E-state index contributed by atoms with van der Waals surface area (Å²) in [5, 5.41) is 7.07. The zero-order valence-electron chi connectivity index (χ0n) is 23.6. The molecule has 1 aliphatic rings. The van der Waals surface area contributed by atoms with Crippen LogP contribution in [-0.2, 0) is 16.1 Å². The number of hydrogen-bond donors (Lipinski definition) is 1. The molecule has 0 radical (unpaired) electrons. The van der Waals surface area contributed by atoms with Crippen LogP contribution in [0, 0.1) is 6.92 Å². The van der Waals surface area contributed by atoms with Gasteiger partial charge in [-0.05, 0) is 61.0 Å². The number of nitrogens with one attached hydrogen (secondary N) is 1.